The molecule has 0 aromatic heterocycles. The second-order valence-electron chi connectivity index (χ2n) is 5.91. The topological polar surface area (TPSA) is 58.6 Å². The molecule has 1 fully saturated rings. The highest BCUT2D eigenvalue weighted by Gasteiger charge is 2.35. The summed E-state index contributed by atoms with van der Waals surface area (Å²) in [6, 6.07) is 7.08. The zero-order valence-electron chi connectivity index (χ0n) is 12.7. The van der Waals surface area contributed by atoms with E-state index in [-0.39, 0.29) is 0 Å². The van der Waals surface area contributed by atoms with Crippen molar-refractivity contribution in [2.75, 3.05) is 19.8 Å². The van der Waals surface area contributed by atoms with E-state index in [9.17, 15) is 4.79 Å². The zero-order chi connectivity index (χ0) is 15.1. The van der Waals surface area contributed by atoms with Crippen molar-refractivity contribution in [3.63, 3.8) is 0 Å². The van der Waals surface area contributed by atoms with Crippen LogP contribution < -0.4 is 5.32 Å². The highest BCUT2D eigenvalue weighted by atomic mass is 16.5. The van der Waals surface area contributed by atoms with E-state index in [2.05, 4.69) is 5.32 Å². The van der Waals surface area contributed by atoms with Gasteiger partial charge in [0.05, 0.1) is 5.56 Å². The van der Waals surface area contributed by atoms with Crippen molar-refractivity contribution in [1.82, 2.24) is 5.32 Å². The van der Waals surface area contributed by atoms with E-state index < -0.39 is 5.97 Å². The summed E-state index contributed by atoms with van der Waals surface area (Å²) in [7, 11) is 0. The third-order valence-corrected chi connectivity index (χ3v) is 4.43. The average molecular weight is 291 g/mol. The minimum Gasteiger partial charge on any atom is -0.478 e. The number of benzene rings is 1. The molecule has 2 N–H and O–H groups in total. The number of ether oxygens (including phenoxy) is 1. The van der Waals surface area contributed by atoms with Crippen LogP contribution in [-0.2, 0) is 11.3 Å². The predicted molar refractivity (Wildman–Crippen MR) is 82.5 cm³/mol. The number of nitrogens with one attached hydrogen (secondary N) is 1. The molecule has 0 saturated heterocycles. The molecule has 0 radical (unpaired) electrons. The molecule has 116 valence electrons. The van der Waals surface area contributed by atoms with Crippen molar-refractivity contribution in [1.29, 1.82) is 0 Å². The SMILES string of the molecule is CCOCCC1(CNCc2ccc(C(=O)O)cc2)CCC1. The van der Waals surface area contributed by atoms with Crippen molar-refractivity contribution in [2.45, 2.75) is 39.2 Å². The largest absolute Gasteiger partial charge is 0.478 e. The molecule has 0 aliphatic heterocycles. The summed E-state index contributed by atoms with van der Waals surface area (Å²) in [5, 5.41) is 12.4. The molecule has 0 unspecified atom stereocenters. The first-order valence-electron chi connectivity index (χ1n) is 7.76. The van der Waals surface area contributed by atoms with Crippen LogP contribution in [0.25, 0.3) is 0 Å². The van der Waals surface area contributed by atoms with E-state index in [0.717, 1.165) is 38.3 Å². The lowest BCUT2D eigenvalue weighted by molar-refractivity contribution is 0.0538. The van der Waals surface area contributed by atoms with Gasteiger partial charge in [-0.15, -0.1) is 0 Å². The fourth-order valence-corrected chi connectivity index (χ4v) is 2.86. The van der Waals surface area contributed by atoms with E-state index in [4.69, 9.17) is 9.84 Å². The summed E-state index contributed by atoms with van der Waals surface area (Å²) in [6.45, 7) is 5.48. The van der Waals surface area contributed by atoms with E-state index in [1.165, 1.54) is 19.3 Å². The predicted octanol–water partition coefficient (Wildman–Crippen LogP) is 3.07. The van der Waals surface area contributed by atoms with Gasteiger partial charge in [-0.1, -0.05) is 18.6 Å². The number of carbonyl (C=O) groups is 1. The number of aromatic carboxylic acids is 1. The molecular weight excluding hydrogens is 266 g/mol. The van der Waals surface area contributed by atoms with Crippen LogP contribution in [0.2, 0.25) is 0 Å². The highest BCUT2D eigenvalue weighted by Crippen LogP contribution is 2.43. The first kappa shape index (κ1) is 16.0. The summed E-state index contributed by atoms with van der Waals surface area (Å²) in [5.74, 6) is -0.876. The molecule has 21 heavy (non-hydrogen) atoms. The summed E-state index contributed by atoms with van der Waals surface area (Å²) >= 11 is 0. The van der Waals surface area contributed by atoms with E-state index in [1.807, 2.05) is 19.1 Å². The molecule has 1 aromatic carbocycles. The number of hydrogen-bond acceptors (Lipinski definition) is 3. The van der Waals surface area contributed by atoms with Gasteiger partial charge in [0, 0.05) is 26.3 Å². The Kier molecular flexibility index (Phi) is 5.76. The summed E-state index contributed by atoms with van der Waals surface area (Å²) < 4.78 is 5.48. The third kappa shape index (κ3) is 4.55. The number of rotatable bonds is 9. The highest BCUT2D eigenvalue weighted by molar-refractivity contribution is 5.87. The fourth-order valence-electron chi connectivity index (χ4n) is 2.86. The molecule has 4 heteroatoms. The van der Waals surface area contributed by atoms with E-state index in [1.54, 1.807) is 12.1 Å². The van der Waals surface area contributed by atoms with Crippen molar-refractivity contribution in [3.05, 3.63) is 35.4 Å². The van der Waals surface area contributed by atoms with Crippen LogP contribution >= 0.6 is 0 Å². The monoisotopic (exact) mass is 291 g/mol. The molecule has 0 spiro atoms. The van der Waals surface area contributed by atoms with Gasteiger partial charge in [-0.25, -0.2) is 4.79 Å². The molecule has 1 aliphatic rings. The van der Waals surface area contributed by atoms with Crippen LogP contribution in [0, 0.1) is 5.41 Å². The van der Waals surface area contributed by atoms with Crippen LogP contribution in [0.3, 0.4) is 0 Å². The molecule has 1 saturated carbocycles. The molecule has 1 aliphatic carbocycles. The number of carboxylic acids is 1. The van der Waals surface area contributed by atoms with Crippen molar-refractivity contribution >= 4 is 5.97 Å². The Bertz CT molecular complexity index is 452. The Balaban J connectivity index is 1.76. The normalized spacial score (nSPS) is 16.4. The lowest BCUT2D eigenvalue weighted by atomic mass is 9.67. The van der Waals surface area contributed by atoms with Crippen LogP contribution in [0.15, 0.2) is 24.3 Å². The quantitative estimate of drug-likeness (QED) is 0.687. The molecule has 0 heterocycles. The first-order chi connectivity index (χ1) is 10.2. The molecule has 2 rings (SSSR count). The smallest absolute Gasteiger partial charge is 0.335 e. The lowest BCUT2D eigenvalue weighted by Crippen LogP contribution is -2.40. The average Bonchev–Trinajstić information content (AvgIpc) is 2.44. The van der Waals surface area contributed by atoms with Gasteiger partial charge in [0.25, 0.3) is 0 Å². The maximum atomic E-state index is 10.8. The van der Waals surface area contributed by atoms with Crippen LogP contribution in [0.5, 0.6) is 0 Å². The van der Waals surface area contributed by atoms with Crippen molar-refractivity contribution in [2.24, 2.45) is 5.41 Å². The summed E-state index contributed by atoms with van der Waals surface area (Å²) in [4.78, 5) is 10.8. The zero-order valence-corrected chi connectivity index (χ0v) is 12.7. The van der Waals surface area contributed by atoms with Crippen LogP contribution in [-0.4, -0.2) is 30.8 Å². The van der Waals surface area contributed by atoms with Gasteiger partial charge in [-0.05, 0) is 49.3 Å². The first-order valence-corrected chi connectivity index (χ1v) is 7.76. The maximum absolute atomic E-state index is 10.8. The minimum atomic E-state index is -0.876. The summed E-state index contributed by atoms with van der Waals surface area (Å²) in [5.41, 5.74) is 1.88. The molecule has 0 atom stereocenters. The fraction of sp³-hybridized carbons (Fsp3) is 0.588. The number of hydrogen-bond donors (Lipinski definition) is 2. The second kappa shape index (κ2) is 7.57. The Morgan fingerprint density at radius 1 is 1.33 bits per heavy atom. The molecule has 0 amide bonds. The summed E-state index contributed by atoms with van der Waals surface area (Å²) in [6.07, 6.45) is 5.02. The molecule has 0 bridgehead atoms. The van der Waals surface area contributed by atoms with Gasteiger partial charge in [0.1, 0.15) is 0 Å². The van der Waals surface area contributed by atoms with Gasteiger partial charge < -0.3 is 15.2 Å². The van der Waals surface area contributed by atoms with Gasteiger partial charge in [-0.2, -0.15) is 0 Å². The number of carboxylic acid groups (broad SMARTS) is 1. The lowest BCUT2D eigenvalue weighted by Gasteiger charge is -2.42. The molecular formula is C17H25NO3. The van der Waals surface area contributed by atoms with Crippen molar-refractivity contribution in [3.8, 4) is 0 Å². The van der Waals surface area contributed by atoms with Gasteiger partial charge in [0.2, 0.25) is 0 Å². The second-order valence-corrected chi connectivity index (χ2v) is 5.91. The van der Waals surface area contributed by atoms with Crippen LogP contribution in [0.1, 0.15) is 48.5 Å². The minimum absolute atomic E-state index is 0.339. The Morgan fingerprint density at radius 3 is 2.57 bits per heavy atom. The van der Waals surface area contributed by atoms with Crippen LogP contribution in [0.4, 0.5) is 0 Å². The van der Waals surface area contributed by atoms with Gasteiger partial charge in [0.15, 0.2) is 0 Å². The van der Waals surface area contributed by atoms with Crippen molar-refractivity contribution < 1.29 is 14.6 Å². The van der Waals surface area contributed by atoms with E-state index in [0.29, 0.717) is 11.0 Å². The van der Waals surface area contributed by atoms with Gasteiger partial charge in [-0.3, -0.25) is 0 Å². The molecule has 4 nitrogen and oxygen atoms in total. The van der Waals surface area contributed by atoms with E-state index >= 15 is 0 Å². The van der Waals surface area contributed by atoms with Gasteiger partial charge >= 0.3 is 5.97 Å². The maximum Gasteiger partial charge on any atom is 0.335 e. The molecule has 1 aromatic rings. The Morgan fingerprint density at radius 2 is 2.05 bits per heavy atom. The third-order valence-electron chi connectivity index (χ3n) is 4.43. The standard InChI is InChI=1S/C17H25NO3/c1-2-21-11-10-17(8-3-9-17)13-18-12-14-4-6-15(7-5-14)16(19)20/h4-7,18H,2-3,8-13H2,1H3,(H,19,20). The Hall–Kier alpha value is -1.39. The Labute approximate surface area is 126 Å².